The van der Waals surface area contributed by atoms with E-state index in [1.54, 1.807) is 0 Å². The predicted octanol–water partition coefficient (Wildman–Crippen LogP) is 2.53. The van der Waals surface area contributed by atoms with E-state index in [0.29, 0.717) is 56.5 Å². The number of carbonyl (C=O) groups excluding carboxylic acids is 2. The molecule has 0 spiro atoms. The van der Waals surface area contributed by atoms with Crippen molar-refractivity contribution in [2.24, 2.45) is 0 Å². The average molecular weight is 674 g/mol. The summed E-state index contributed by atoms with van der Waals surface area (Å²) < 4.78 is 60.0. The van der Waals surface area contributed by atoms with Gasteiger partial charge in [0, 0.05) is 56.8 Å². The fourth-order valence-corrected chi connectivity index (χ4v) is 7.82. The number of anilines is 1. The second-order valence-corrected chi connectivity index (χ2v) is 14.3. The van der Waals surface area contributed by atoms with Crippen molar-refractivity contribution < 1.29 is 31.5 Å². The monoisotopic (exact) mass is 673 g/mol. The molecule has 5 heterocycles. The van der Waals surface area contributed by atoms with Crippen molar-refractivity contribution in [3.8, 4) is 5.75 Å². The van der Waals surface area contributed by atoms with Crippen molar-refractivity contribution in [1.29, 1.82) is 0 Å². The summed E-state index contributed by atoms with van der Waals surface area (Å²) in [6, 6.07) is 8.42. The first-order chi connectivity index (χ1) is 22.5. The molecule has 0 aliphatic carbocycles. The largest absolute Gasteiger partial charge is 0.490 e. The summed E-state index contributed by atoms with van der Waals surface area (Å²) in [5.41, 5.74) is -0.537. The van der Waals surface area contributed by atoms with Gasteiger partial charge in [-0.05, 0) is 55.9 Å². The summed E-state index contributed by atoms with van der Waals surface area (Å²) in [6.07, 6.45) is 1.92. The zero-order chi connectivity index (χ0) is 33.1. The van der Waals surface area contributed by atoms with Gasteiger partial charge in [-0.2, -0.15) is 4.98 Å². The van der Waals surface area contributed by atoms with Gasteiger partial charge in [0.25, 0.3) is 12.0 Å². The molecular formula is C31H37F2N7O6S. The van der Waals surface area contributed by atoms with Crippen LogP contribution in [0.25, 0.3) is 11.0 Å². The Labute approximate surface area is 270 Å². The SMILES string of the molecule is O=C1CCC(c2ccc(OC3CCN(CCS(=O)(=O)N4CCC(Nc5ncc6cc(C(F)F)c(=O)[nH]c6n5)CC4)CC3)cc2)C(=O)N1. The molecule has 6 rings (SSSR count). The van der Waals surface area contributed by atoms with Crippen LogP contribution in [0.15, 0.2) is 41.3 Å². The lowest BCUT2D eigenvalue weighted by Gasteiger charge is -2.34. The Morgan fingerprint density at radius 3 is 2.40 bits per heavy atom. The molecule has 2 aromatic heterocycles. The van der Waals surface area contributed by atoms with Crippen LogP contribution < -0.4 is 20.9 Å². The Hall–Kier alpha value is -4.02. The number of likely N-dealkylation sites (tertiary alicyclic amines) is 1. The smallest absolute Gasteiger partial charge is 0.269 e. The maximum absolute atomic E-state index is 13.1. The number of fused-ring (bicyclic) bond motifs is 1. The number of aromatic amines is 1. The normalized spacial score (nSPS) is 20.9. The van der Waals surface area contributed by atoms with Crippen molar-refractivity contribution in [3.63, 3.8) is 0 Å². The number of carbonyl (C=O) groups is 2. The van der Waals surface area contributed by atoms with E-state index in [9.17, 15) is 31.6 Å². The van der Waals surface area contributed by atoms with Crippen LogP contribution in [-0.2, 0) is 19.6 Å². The number of pyridine rings is 1. The molecule has 3 fully saturated rings. The first-order valence-electron chi connectivity index (χ1n) is 15.8. The van der Waals surface area contributed by atoms with Crippen molar-refractivity contribution >= 4 is 38.8 Å². The number of aromatic nitrogens is 3. The molecule has 0 saturated carbocycles. The quantitative estimate of drug-likeness (QED) is 0.272. The number of hydrogen-bond donors (Lipinski definition) is 3. The standard InChI is InChI=1S/C31H37F2N7O6S/c32-27(33)25-17-20-18-34-31(38-28(20)37-30(25)43)35-21-7-13-40(14-8-21)47(44,45)16-15-39-11-9-23(10-12-39)46-22-3-1-19(2-4-22)24-5-6-26(41)36-29(24)42/h1-4,17-18,21,23-24,27H,5-16H2,(H,36,41,42)(H2,34,35,37,38,43). The van der Waals surface area contributed by atoms with E-state index < -0.39 is 27.6 Å². The Balaban J connectivity index is 0.920. The Kier molecular flexibility index (Phi) is 9.80. The molecule has 47 heavy (non-hydrogen) atoms. The first-order valence-corrected chi connectivity index (χ1v) is 17.4. The number of rotatable bonds is 10. The minimum Gasteiger partial charge on any atom is -0.490 e. The van der Waals surface area contributed by atoms with Crippen LogP contribution in [0.3, 0.4) is 0 Å². The summed E-state index contributed by atoms with van der Waals surface area (Å²) in [5.74, 6) is 0.132. The molecular weight excluding hydrogens is 636 g/mol. The molecule has 3 N–H and O–H groups in total. The summed E-state index contributed by atoms with van der Waals surface area (Å²) in [5, 5.41) is 5.84. The fraction of sp³-hybridized carbons (Fsp3) is 0.516. The van der Waals surface area contributed by atoms with Crippen LogP contribution in [0.1, 0.15) is 62.0 Å². The summed E-state index contributed by atoms with van der Waals surface area (Å²) in [6.45, 7) is 2.58. The number of imide groups is 1. The highest BCUT2D eigenvalue weighted by molar-refractivity contribution is 7.89. The lowest BCUT2D eigenvalue weighted by molar-refractivity contribution is -0.134. The van der Waals surface area contributed by atoms with Crippen LogP contribution in [0.4, 0.5) is 14.7 Å². The molecule has 1 unspecified atom stereocenters. The molecule has 0 radical (unpaired) electrons. The number of benzene rings is 1. The van der Waals surface area contributed by atoms with Gasteiger partial charge in [-0.3, -0.25) is 19.7 Å². The topological polar surface area (TPSA) is 167 Å². The first kappa shape index (κ1) is 32.9. The minimum absolute atomic E-state index is 0.0118. The van der Waals surface area contributed by atoms with E-state index in [1.807, 2.05) is 24.3 Å². The van der Waals surface area contributed by atoms with Gasteiger partial charge < -0.3 is 19.9 Å². The number of ether oxygens (including phenoxy) is 1. The van der Waals surface area contributed by atoms with Crippen LogP contribution in [0.2, 0.25) is 0 Å². The minimum atomic E-state index is -3.45. The molecule has 1 aromatic carbocycles. The van der Waals surface area contributed by atoms with Crippen LogP contribution in [-0.4, -0.2) is 95.0 Å². The highest BCUT2D eigenvalue weighted by Crippen LogP contribution is 2.28. The molecule has 3 aliphatic heterocycles. The number of piperidine rings is 3. The fourth-order valence-electron chi connectivity index (χ4n) is 6.31. The summed E-state index contributed by atoms with van der Waals surface area (Å²) in [7, 11) is -3.45. The van der Waals surface area contributed by atoms with Gasteiger partial charge in [0.15, 0.2) is 0 Å². The number of nitrogens with one attached hydrogen (secondary N) is 3. The van der Waals surface area contributed by atoms with Gasteiger partial charge in [0.05, 0.1) is 17.2 Å². The van der Waals surface area contributed by atoms with Crippen molar-refractivity contribution in [3.05, 3.63) is 58.0 Å². The number of H-pyrrole nitrogens is 1. The van der Waals surface area contributed by atoms with E-state index in [-0.39, 0.29) is 47.2 Å². The number of halogens is 2. The van der Waals surface area contributed by atoms with Crippen LogP contribution >= 0.6 is 0 Å². The molecule has 252 valence electrons. The third-order valence-corrected chi connectivity index (χ3v) is 10.9. The van der Waals surface area contributed by atoms with Crippen molar-refractivity contribution in [2.45, 2.75) is 63.0 Å². The number of amides is 2. The molecule has 13 nitrogen and oxygen atoms in total. The van der Waals surface area contributed by atoms with E-state index in [1.165, 1.54) is 10.5 Å². The predicted molar refractivity (Wildman–Crippen MR) is 169 cm³/mol. The maximum Gasteiger partial charge on any atom is 0.269 e. The van der Waals surface area contributed by atoms with Gasteiger partial charge in [0.1, 0.15) is 17.5 Å². The van der Waals surface area contributed by atoms with Crippen LogP contribution in [0, 0.1) is 0 Å². The van der Waals surface area contributed by atoms with Gasteiger partial charge in [-0.25, -0.2) is 26.5 Å². The van der Waals surface area contributed by atoms with Gasteiger partial charge in [0.2, 0.25) is 27.8 Å². The highest BCUT2D eigenvalue weighted by Gasteiger charge is 2.30. The Morgan fingerprint density at radius 2 is 1.72 bits per heavy atom. The summed E-state index contributed by atoms with van der Waals surface area (Å²) in [4.78, 5) is 48.4. The zero-order valence-corrected chi connectivity index (χ0v) is 26.5. The summed E-state index contributed by atoms with van der Waals surface area (Å²) >= 11 is 0. The van der Waals surface area contributed by atoms with Crippen LogP contribution in [0.5, 0.6) is 5.75 Å². The molecule has 3 aliphatic rings. The maximum atomic E-state index is 13.1. The van der Waals surface area contributed by atoms with E-state index >= 15 is 0 Å². The number of sulfonamides is 1. The molecule has 16 heteroatoms. The second kappa shape index (κ2) is 14.0. The highest BCUT2D eigenvalue weighted by atomic mass is 32.2. The molecule has 3 saturated heterocycles. The van der Waals surface area contributed by atoms with E-state index in [0.717, 1.165) is 37.6 Å². The second-order valence-electron chi connectivity index (χ2n) is 12.2. The molecule has 1 atom stereocenters. The number of alkyl halides is 2. The van der Waals surface area contributed by atoms with E-state index in [4.69, 9.17) is 4.74 Å². The zero-order valence-electron chi connectivity index (χ0n) is 25.7. The van der Waals surface area contributed by atoms with Crippen molar-refractivity contribution in [2.75, 3.05) is 43.8 Å². The van der Waals surface area contributed by atoms with Gasteiger partial charge in [-0.1, -0.05) is 12.1 Å². The molecule has 2 amide bonds. The van der Waals surface area contributed by atoms with E-state index in [2.05, 4.69) is 30.5 Å². The average Bonchev–Trinajstić information content (AvgIpc) is 3.05. The molecule has 3 aromatic rings. The lowest BCUT2D eigenvalue weighted by Crippen LogP contribution is -2.46. The number of nitrogens with zero attached hydrogens (tertiary/aromatic N) is 4. The third-order valence-electron chi connectivity index (χ3n) is 9.06. The third kappa shape index (κ3) is 7.93. The van der Waals surface area contributed by atoms with Crippen molar-refractivity contribution in [1.82, 2.24) is 29.5 Å². The number of hydrogen-bond acceptors (Lipinski definition) is 10. The van der Waals surface area contributed by atoms with Gasteiger partial charge in [-0.15, -0.1) is 0 Å². The Morgan fingerprint density at radius 1 is 1.00 bits per heavy atom. The molecule has 0 bridgehead atoms. The lowest BCUT2D eigenvalue weighted by atomic mass is 9.90. The Bertz CT molecular complexity index is 1770. The van der Waals surface area contributed by atoms with Gasteiger partial charge >= 0.3 is 0 Å².